The zero-order valence-electron chi connectivity index (χ0n) is 40.6. The SMILES string of the molecule is CCOP(=O)([O-])C(C(=O)[C@@H](N)Cc1c[nH]cn1)c1cc(C(C)(C)C)c(O)c(C(C)(C)C)c1.CCOP(=O)([O-])C(C(=O)[C@@H](N)Cc1c[nH]cn1)c1cc(C(C)(C)C)c(O)c(C(C)(C)C)c1.[Ca+2]. The molecule has 65 heavy (non-hydrogen) atoms. The zero-order valence-corrected chi connectivity index (χ0v) is 44.6. The van der Waals surface area contributed by atoms with Crippen molar-refractivity contribution in [3.63, 3.8) is 0 Å². The number of Topliss-reactive ketones (excluding diaryl/α,β-unsaturated/α-hetero) is 2. The summed E-state index contributed by atoms with van der Waals surface area (Å²) in [6, 6.07) is 4.12. The number of nitrogens with two attached hydrogens (primary N) is 2. The molecule has 4 rings (SSSR count). The second-order valence-corrected chi connectivity index (χ2v) is 23.9. The number of hydrogen-bond donors (Lipinski definition) is 6. The van der Waals surface area contributed by atoms with Crippen LogP contribution in [0.3, 0.4) is 0 Å². The van der Waals surface area contributed by atoms with Crippen molar-refractivity contribution in [2.24, 2.45) is 11.5 Å². The van der Waals surface area contributed by atoms with Crippen LogP contribution in [0.5, 0.6) is 11.5 Å². The van der Waals surface area contributed by atoms with E-state index < -0.39 is 71.8 Å². The number of ketones is 2. The summed E-state index contributed by atoms with van der Waals surface area (Å²) in [7, 11) is -9.35. The number of carbonyl (C=O) groups is 2. The summed E-state index contributed by atoms with van der Waals surface area (Å²) in [4.78, 5) is 66.8. The second kappa shape index (κ2) is 22.6. The van der Waals surface area contributed by atoms with Crippen LogP contribution in [-0.4, -0.2) is 105 Å². The van der Waals surface area contributed by atoms with Gasteiger partial charge in [0, 0.05) is 25.2 Å². The number of nitrogens with one attached hydrogen (secondary N) is 2. The molecule has 4 aromatic rings. The van der Waals surface area contributed by atoms with E-state index in [0.717, 1.165) is 0 Å². The minimum absolute atomic E-state index is 0. The fraction of sp³-hybridized carbons (Fsp3) is 0.565. The molecule has 4 unspecified atom stereocenters. The van der Waals surface area contributed by atoms with E-state index in [1.807, 2.05) is 83.1 Å². The van der Waals surface area contributed by atoms with Crippen LogP contribution >= 0.6 is 15.2 Å². The number of benzene rings is 2. The van der Waals surface area contributed by atoms with E-state index in [1.165, 1.54) is 12.7 Å². The Morgan fingerprint density at radius 2 is 0.877 bits per heavy atom. The molecule has 0 spiro atoms. The van der Waals surface area contributed by atoms with Crippen LogP contribution in [-0.2, 0) is 62.3 Å². The minimum atomic E-state index is -4.67. The van der Waals surface area contributed by atoms with Gasteiger partial charge in [-0.25, -0.2) is 9.97 Å². The second-order valence-electron chi connectivity index (χ2n) is 20.2. The van der Waals surface area contributed by atoms with E-state index in [1.54, 1.807) is 50.5 Å². The van der Waals surface area contributed by atoms with Crippen LogP contribution in [0, 0.1) is 0 Å². The van der Waals surface area contributed by atoms with Crippen molar-refractivity contribution in [1.29, 1.82) is 0 Å². The van der Waals surface area contributed by atoms with Crippen molar-refractivity contribution in [2.75, 3.05) is 13.2 Å². The van der Waals surface area contributed by atoms with E-state index >= 15 is 0 Å². The number of nitrogens with zero attached hydrogens (tertiary/aromatic N) is 2. The smallest absolute Gasteiger partial charge is 0.778 e. The van der Waals surface area contributed by atoms with Gasteiger partial charge in [-0.15, -0.1) is 0 Å². The predicted molar refractivity (Wildman–Crippen MR) is 251 cm³/mol. The maximum Gasteiger partial charge on any atom is 2.00 e. The molecule has 0 saturated heterocycles. The first-order chi connectivity index (χ1) is 29.2. The van der Waals surface area contributed by atoms with Gasteiger partial charge >= 0.3 is 37.7 Å². The molecule has 0 radical (unpaired) electrons. The van der Waals surface area contributed by atoms with Gasteiger partial charge in [0.05, 0.1) is 49.3 Å². The van der Waals surface area contributed by atoms with Gasteiger partial charge in [-0.05, 0) is 68.9 Å². The first kappa shape index (κ1) is 58.4. The number of aromatic hydroxyl groups is 2. The Morgan fingerprint density at radius 1 is 0.615 bits per heavy atom. The molecule has 2 heterocycles. The number of phenolic OH excluding ortho intramolecular Hbond substituents is 2. The third-order valence-corrected chi connectivity index (χ3v) is 14.2. The zero-order chi connectivity index (χ0) is 49.0. The summed E-state index contributed by atoms with van der Waals surface area (Å²) >= 11 is 0. The molecule has 0 aliphatic rings. The number of phenols is 2. The van der Waals surface area contributed by atoms with Gasteiger partial charge in [0.2, 0.25) is 0 Å². The Balaban J connectivity index is 0.000000440. The normalized spacial score (nSPS) is 16.2. The number of imidazole rings is 2. The third kappa shape index (κ3) is 15.1. The number of rotatable bonds is 16. The number of aromatic amines is 2. The Labute approximate surface area is 414 Å². The quantitative estimate of drug-likeness (QED) is 0.0511. The Kier molecular flexibility index (Phi) is 20.3. The molecule has 0 aliphatic carbocycles. The van der Waals surface area contributed by atoms with Gasteiger partial charge in [0.15, 0.2) is 11.6 Å². The standard InChI is InChI=1S/2C23H36N3O5P.Ca/c2*1-8-31-32(29,30)21(20(28)18(24)11-15-12-25-13-26-15)14-9-16(22(2,3)4)19(27)17(10-14)23(5,6)7;/h2*9-10,12-13,18,21,27H,8,11,24H2,1-7H3,(H,25,26)(H,29,30);/q;;+2/p-2/t2*18-,21?;/m00./s1. The van der Waals surface area contributed by atoms with Crippen LogP contribution in [0.1, 0.15) is 153 Å². The van der Waals surface area contributed by atoms with Gasteiger partial charge in [-0.2, -0.15) is 0 Å². The summed E-state index contributed by atoms with van der Waals surface area (Å²) in [6.07, 6.45) is 6.32. The fourth-order valence-corrected chi connectivity index (χ4v) is 10.3. The molecule has 0 bridgehead atoms. The first-order valence-corrected chi connectivity index (χ1v) is 24.6. The first-order valence-electron chi connectivity index (χ1n) is 21.4. The van der Waals surface area contributed by atoms with Crippen LogP contribution in [0.2, 0.25) is 0 Å². The topological polar surface area (TPSA) is 283 Å². The molecule has 2 aromatic heterocycles. The molecular formula is C46H70CaN6O10P2. The third-order valence-electron chi connectivity index (χ3n) is 10.6. The number of carbonyl (C=O) groups excluding carboxylic acids is 2. The monoisotopic (exact) mass is 968 g/mol. The van der Waals surface area contributed by atoms with Crippen molar-refractivity contribution in [3.05, 3.63) is 94.1 Å². The molecule has 0 amide bonds. The maximum absolute atomic E-state index is 13.4. The number of H-pyrrole nitrogens is 2. The van der Waals surface area contributed by atoms with Gasteiger partial charge in [0.25, 0.3) is 0 Å². The summed E-state index contributed by atoms with van der Waals surface area (Å²) in [5.74, 6) is -1.16. The van der Waals surface area contributed by atoms with Crippen molar-refractivity contribution < 1.29 is 47.8 Å². The van der Waals surface area contributed by atoms with Crippen molar-refractivity contribution in [1.82, 2.24) is 19.9 Å². The van der Waals surface area contributed by atoms with Crippen LogP contribution in [0.4, 0.5) is 0 Å². The van der Waals surface area contributed by atoms with Gasteiger partial charge in [-0.3, -0.25) is 9.59 Å². The van der Waals surface area contributed by atoms with Crippen molar-refractivity contribution in [3.8, 4) is 11.5 Å². The Bertz CT molecular complexity index is 2080. The van der Waals surface area contributed by atoms with Crippen LogP contribution < -0.4 is 21.3 Å². The maximum atomic E-state index is 13.4. The fourth-order valence-electron chi connectivity index (χ4n) is 7.29. The van der Waals surface area contributed by atoms with E-state index in [9.17, 15) is 38.7 Å². The van der Waals surface area contributed by atoms with Gasteiger partial charge in [-0.1, -0.05) is 107 Å². The molecule has 6 atom stereocenters. The average Bonchev–Trinajstić information content (AvgIpc) is 3.85. The van der Waals surface area contributed by atoms with E-state index in [0.29, 0.717) is 33.6 Å². The summed E-state index contributed by atoms with van der Waals surface area (Å²) < 4.78 is 36.4. The van der Waals surface area contributed by atoms with E-state index in [2.05, 4.69) is 19.9 Å². The Hall–Kier alpha value is -2.72. The molecule has 0 fully saturated rings. The van der Waals surface area contributed by atoms with Crippen molar-refractivity contribution in [2.45, 2.75) is 155 Å². The average molecular weight is 969 g/mol. The van der Waals surface area contributed by atoms with Gasteiger partial charge < -0.3 is 59.6 Å². The molecule has 0 saturated carbocycles. The minimum Gasteiger partial charge on any atom is -0.778 e. The number of aromatic nitrogens is 4. The van der Waals surface area contributed by atoms with Crippen LogP contribution in [0.25, 0.3) is 0 Å². The van der Waals surface area contributed by atoms with Crippen molar-refractivity contribution >= 4 is 64.5 Å². The largest absolute Gasteiger partial charge is 2.00 e. The van der Waals surface area contributed by atoms with E-state index in [4.69, 9.17) is 20.5 Å². The van der Waals surface area contributed by atoms with Gasteiger partial charge in [0.1, 0.15) is 38.0 Å². The summed E-state index contributed by atoms with van der Waals surface area (Å²) in [6.45, 7) is 25.9. The molecule has 19 heteroatoms. The van der Waals surface area contributed by atoms with E-state index in [-0.39, 0.29) is 86.4 Å². The summed E-state index contributed by atoms with van der Waals surface area (Å²) in [5.41, 5.74) is 10.9. The molecule has 356 valence electrons. The molecule has 16 nitrogen and oxygen atoms in total. The molecule has 8 N–H and O–H groups in total. The Morgan fingerprint density at radius 3 is 1.08 bits per heavy atom. The number of hydrogen-bond acceptors (Lipinski definition) is 14. The van der Waals surface area contributed by atoms with Crippen LogP contribution in [0.15, 0.2) is 49.3 Å². The molecule has 0 aliphatic heterocycles. The predicted octanol–water partition coefficient (Wildman–Crippen LogP) is 6.58. The summed E-state index contributed by atoms with van der Waals surface area (Å²) in [5, 5.41) is 22.0. The molecule has 2 aromatic carbocycles. The molecular weight excluding hydrogens is 899 g/mol.